The highest BCUT2D eigenvalue weighted by atomic mass is 32.2. The SMILES string of the molecule is CCCc1nc(CS(C)(=O)=O)nc2c1CNCC2. The smallest absolute Gasteiger partial charge is 0.154 e. The van der Waals surface area contributed by atoms with E-state index < -0.39 is 9.84 Å². The number of aryl methyl sites for hydroxylation is 1. The van der Waals surface area contributed by atoms with Crippen LogP contribution in [0.3, 0.4) is 0 Å². The van der Waals surface area contributed by atoms with Gasteiger partial charge < -0.3 is 5.32 Å². The van der Waals surface area contributed by atoms with Gasteiger partial charge in [0.25, 0.3) is 0 Å². The van der Waals surface area contributed by atoms with Gasteiger partial charge >= 0.3 is 0 Å². The van der Waals surface area contributed by atoms with E-state index in [4.69, 9.17) is 0 Å². The third-order valence-electron chi connectivity index (χ3n) is 2.94. The van der Waals surface area contributed by atoms with Gasteiger partial charge in [0.15, 0.2) is 9.84 Å². The van der Waals surface area contributed by atoms with Crippen LogP contribution in [-0.4, -0.2) is 31.2 Å². The maximum atomic E-state index is 11.3. The Morgan fingerprint density at radius 2 is 2.11 bits per heavy atom. The number of fused-ring (bicyclic) bond motifs is 1. The standard InChI is InChI=1S/C12H19N3O2S/c1-3-4-10-9-7-13-6-5-11(9)15-12(14-10)8-18(2,16)17/h13H,3-8H2,1-2H3. The molecule has 0 spiro atoms. The first-order valence-electron chi connectivity index (χ1n) is 6.25. The molecule has 1 aliphatic heterocycles. The van der Waals surface area contributed by atoms with Crippen LogP contribution in [-0.2, 0) is 35.0 Å². The van der Waals surface area contributed by atoms with Gasteiger partial charge in [0.2, 0.25) is 0 Å². The van der Waals surface area contributed by atoms with Crippen LogP contribution < -0.4 is 5.32 Å². The van der Waals surface area contributed by atoms with Crippen molar-refractivity contribution in [1.29, 1.82) is 0 Å². The first-order chi connectivity index (χ1) is 8.49. The lowest BCUT2D eigenvalue weighted by Gasteiger charge is -2.19. The fourth-order valence-corrected chi connectivity index (χ4v) is 2.81. The van der Waals surface area contributed by atoms with Crippen LogP contribution in [0.25, 0.3) is 0 Å². The van der Waals surface area contributed by atoms with Crippen molar-refractivity contribution in [2.45, 2.75) is 38.5 Å². The van der Waals surface area contributed by atoms with E-state index in [0.29, 0.717) is 5.82 Å². The average molecular weight is 269 g/mol. The third-order valence-corrected chi connectivity index (χ3v) is 3.73. The monoisotopic (exact) mass is 269 g/mol. The van der Waals surface area contributed by atoms with Gasteiger partial charge in [-0.1, -0.05) is 13.3 Å². The van der Waals surface area contributed by atoms with Crippen molar-refractivity contribution in [2.75, 3.05) is 12.8 Å². The maximum absolute atomic E-state index is 11.3. The van der Waals surface area contributed by atoms with Crippen LogP contribution in [0.5, 0.6) is 0 Å². The normalized spacial score (nSPS) is 15.4. The zero-order valence-corrected chi connectivity index (χ0v) is 11.7. The Morgan fingerprint density at radius 1 is 1.33 bits per heavy atom. The molecular weight excluding hydrogens is 250 g/mol. The van der Waals surface area contributed by atoms with Gasteiger partial charge in [-0.15, -0.1) is 0 Å². The number of nitrogens with zero attached hydrogens (tertiary/aromatic N) is 2. The molecular formula is C12H19N3O2S. The number of hydrogen-bond donors (Lipinski definition) is 1. The Bertz CT molecular complexity index is 540. The molecule has 0 aliphatic carbocycles. The van der Waals surface area contributed by atoms with Crippen LogP contribution in [0.2, 0.25) is 0 Å². The minimum Gasteiger partial charge on any atom is -0.312 e. The molecule has 0 aromatic carbocycles. The first kappa shape index (κ1) is 13.4. The summed E-state index contributed by atoms with van der Waals surface area (Å²) >= 11 is 0. The van der Waals surface area contributed by atoms with E-state index in [0.717, 1.165) is 43.7 Å². The van der Waals surface area contributed by atoms with Crippen molar-refractivity contribution in [2.24, 2.45) is 0 Å². The predicted octanol–water partition coefficient (Wildman–Crippen LogP) is 0.619. The predicted molar refractivity (Wildman–Crippen MR) is 70.0 cm³/mol. The minimum absolute atomic E-state index is 0.0651. The number of sulfone groups is 1. The van der Waals surface area contributed by atoms with E-state index in [2.05, 4.69) is 22.2 Å². The lowest BCUT2D eigenvalue weighted by Crippen LogP contribution is -2.27. The van der Waals surface area contributed by atoms with E-state index in [1.54, 1.807) is 0 Å². The summed E-state index contributed by atoms with van der Waals surface area (Å²) in [5.41, 5.74) is 3.19. The molecule has 0 saturated heterocycles. The van der Waals surface area contributed by atoms with E-state index in [9.17, 15) is 8.42 Å². The van der Waals surface area contributed by atoms with Crippen molar-refractivity contribution < 1.29 is 8.42 Å². The topological polar surface area (TPSA) is 72.0 Å². The van der Waals surface area contributed by atoms with Gasteiger partial charge in [0, 0.05) is 37.0 Å². The summed E-state index contributed by atoms with van der Waals surface area (Å²) in [6.07, 6.45) is 3.95. The van der Waals surface area contributed by atoms with Crippen molar-refractivity contribution in [3.05, 3.63) is 22.8 Å². The number of rotatable bonds is 4. The third kappa shape index (κ3) is 3.26. The first-order valence-corrected chi connectivity index (χ1v) is 8.31. The van der Waals surface area contributed by atoms with E-state index in [1.165, 1.54) is 11.8 Å². The quantitative estimate of drug-likeness (QED) is 0.867. The van der Waals surface area contributed by atoms with Crippen molar-refractivity contribution in [3.8, 4) is 0 Å². The average Bonchev–Trinajstić information content (AvgIpc) is 2.27. The molecule has 0 bridgehead atoms. The summed E-state index contributed by atoms with van der Waals surface area (Å²) in [6, 6.07) is 0. The zero-order chi connectivity index (χ0) is 13.2. The fourth-order valence-electron chi connectivity index (χ4n) is 2.21. The molecule has 0 atom stereocenters. The van der Waals surface area contributed by atoms with Crippen LogP contribution in [0, 0.1) is 0 Å². The number of nitrogens with one attached hydrogen (secondary N) is 1. The van der Waals surface area contributed by atoms with E-state index in [1.807, 2.05) is 0 Å². The largest absolute Gasteiger partial charge is 0.312 e. The van der Waals surface area contributed by atoms with Gasteiger partial charge in [-0.05, 0) is 6.42 Å². The van der Waals surface area contributed by atoms with Crippen molar-refractivity contribution in [3.63, 3.8) is 0 Å². The molecule has 100 valence electrons. The zero-order valence-electron chi connectivity index (χ0n) is 10.9. The van der Waals surface area contributed by atoms with Crippen molar-refractivity contribution in [1.82, 2.24) is 15.3 Å². The van der Waals surface area contributed by atoms with Gasteiger partial charge in [-0.25, -0.2) is 18.4 Å². The highest BCUT2D eigenvalue weighted by molar-refractivity contribution is 7.89. The Labute approximate surface area is 108 Å². The molecule has 1 N–H and O–H groups in total. The summed E-state index contributed by atoms with van der Waals surface area (Å²) in [5.74, 6) is 0.381. The Balaban J connectivity index is 2.41. The lowest BCUT2D eigenvalue weighted by atomic mass is 10.0. The molecule has 0 amide bonds. The number of hydrogen-bond acceptors (Lipinski definition) is 5. The van der Waals surface area contributed by atoms with Crippen LogP contribution in [0.1, 0.15) is 36.1 Å². The summed E-state index contributed by atoms with van der Waals surface area (Å²) in [7, 11) is -3.08. The highest BCUT2D eigenvalue weighted by Gasteiger charge is 2.18. The molecule has 1 aromatic heterocycles. The molecule has 0 unspecified atom stereocenters. The molecule has 1 aromatic rings. The molecule has 2 heterocycles. The van der Waals surface area contributed by atoms with E-state index >= 15 is 0 Å². The van der Waals surface area contributed by atoms with Crippen LogP contribution in [0.4, 0.5) is 0 Å². The minimum atomic E-state index is -3.08. The second-order valence-corrected chi connectivity index (χ2v) is 6.90. The second-order valence-electron chi connectivity index (χ2n) is 4.76. The summed E-state index contributed by atoms with van der Waals surface area (Å²) in [6.45, 7) is 3.79. The number of aromatic nitrogens is 2. The molecule has 2 rings (SSSR count). The summed E-state index contributed by atoms with van der Waals surface area (Å²) in [4.78, 5) is 8.84. The highest BCUT2D eigenvalue weighted by Crippen LogP contribution is 2.17. The maximum Gasteiger partial charge on any atom is 0.154 e. The molecule has 1 aliphatic rings. The Hall–Kier alpha value is -1.01. The second kappa shape index (κ2) is 5.32. The molecule has 0 radical (unpaired) electrons. The lowest BCUT2D eigenvalue weighted by molar-refractivity contribution is 0.594. The molecule has 6 heteroatoms. The fraction of sp³-hybridized carbons (Fsp3) is 0.667. The van der Waals surface area contributed by atoms with Gasteiger partial charge in [0.1, 0.15) is 11.6 Å². The molecule has 18 heavy (non-hydrogen) atoms. The van der Waals surface area contributed by atoms with Gasteiger partial charge in [0.05, 0.1) is 5.69 Å². The van der Waals surface area contributed by atoms with Gasteiger partial charge in [-0.2, -0.15) is 0 Å². The van der Waals surface area contributed by atoms with Gasteiger partial charge in [-0.3, -0.25) is 0 Å². The van der Waals surface area contributed by atoms with E-state index in [-0.39, 0.29) is 5.75 Å². The summed E-state index contributed by atoms with van der Waals surface area (Å²) < 4.78 is 22.7. The van der Waals surface area contributed by atoms with Crippen LogP contribution >= 0.6 is 0 Å². The Kier molecular flexibility index (Phi) is 3.97. The molecule has 0 fully saturated rings. The Morgan fingerprint density at radius 3 is 2.78 bits per heavy atom. The van der Waals surface area contributed by atoms with Crippen LogP contribution in [0.15, 0.2) is 0 Å². The summed E-state index contributed by atoms with van der Waals surface area (Å²) in [5, 5.41) is 3.31. The molecule has 5 nitrogen and oxygen atoms in total. The molecule has 0 saturated carbocycles. The van der Waals surface area contributed by atoms with Crippen molar-refractivity contribution >= 4 is 9.84 Å².